The lowest BCUT2D eigenvalue weighted by Crippen LogP contribution is -2.27. The van der Waals surface area contributed by atoms with Crippen molar-refractivity contribution in [3.63, 3.8) is 0 Å². The Morgan fingerprint density at radius 2 is 1.93 bits per heavy atom. The number of carboxylic acid groups (broad SMARTS) is 1. The number of methoxy groups -OCH3 is 1. The molecule has 2 amide bonds. The molecule has 150 valence electrons. The molecule has 0 spiro atoms. The van der Waals surface area contributed by atoms with Gasteiger partial charge in [-0.1, -0.05) is 27.5 Å². The fourth-order valence-electron chi connectivity index (χ4n) is 2.50. The Morgan fingerprint density at radius 3 is 2.55 bits per heavy atom. The highest BCUT2D eigenvalue weighted by molar-refractivity contribution is 9.10. The Kier molecular flexibility index (Phi) is 6.51. The average Bonchev–Trinajstić information content (AvgIpc) is 2.95. The summed E-state index contributed by atoms with van der Waals surface area (Å²) in [5, 5.41) is 8.84. The fraction of sp³-hybridized carbons (Fsp3) is 0.105. The molecule has 1 saturated heterocycles. The van der Waals surface area contributed by atoms with E-state index in [1.165, 1.54) is 13.2 Å². The molecule has 0 aromatic heterocycles. The number of anilines is 1. The number of halogens is 2. The van der Waals surface area contributed by atoms with Gasteiger partial charge in [0, 0.05) is 9.50 Å². The number of nitrogens with zero attached hydrogens (tertiary/aromatic N) is 1. The van der Waals surface area contributed by atoms with Crippen molar-refractivity contribution in [1.82, 2.24) is 0 Å². The van der Waals surface area contributed by atoms with Gasteiger partial charge in [0.1, 0.15) is 0 Å². The number of imide groups is 1. The molecule has 0 radical (unpaired) electrons. The number of thioether (sulfide) groups is 1. The van der Waals surface area contributed by atoms with E-state index in [0.717, 1.165) is 16.7 Å². The Bertz CT molecular complexity index is 1020. The Labute approximate surface area is 183 Å². The lowest BCUT2D eigenvalue weighted by atomic mass is 10.1. The molecule has 0 unspecified atom stereocenters. The molecule has 2 aromatic rings. The number of carbonyl (C=O) groups excluding carboxylic acids is 2. The molecule has 7 nitrogen and oxygen atoms in total. The maximum Gasteiger partial charge on any atom is 0.341 e. The summed E-state index contributed by atoms with van der Waals surface area (Å²) in [7, 11) is 1.41. The summed E-state index contributed by atoms with van der Waals surface area (Å²) >= 11 is 10.0. The first kappa shape index (κ1) is 21.2. The molecular weight excluding hydrogens is 486 g/mol. The number of rotatable bonds is 6. The Balaban J connectivity index is 1.91. The molecule has 0 aliphatic carbocycles. The second-order valence-corrected chi connectivity index (χ2v) is 7.98. The molecule has 1 heterocycles. The van der Waals surface area contributed by atoms with E-state index in [1.54, 1.807) is 36.4 Å². The van der Waals surface area contributed by atoms with Crippen molar-refractivity contribution in [2.75, 3.05) is 18.6 Å². The zero-order valence-corrected chi connectivity index (χ0v) is 18.0. The number of carbonyl (C=O) groups is 3. The monoisotopic (exact) mass is 497 g/mol. The van der Waals surface area contributed by atoms with Gasteiger partial charge in [-0.25, -0.2) is 9.69 Å². The second-order valence-electron chi connectivity index (χ2n) is 5.70. The van der Waals surface area contributed by atoms with Crippen LogP contribution < -0.4 is 14.4 Å². The van der Waals surface area contributed by atoms with E-state index in [1.807, 2.05) is 0 Å². The topological polar surface area (TPSA) is 93.1 Å². The predicted octanol–water partition coefficient (Wildman–Crippen LogP) is 4.82. The molecule has 29 heavy (non-hydrogen) atoms. The largest absolute Gasteiger partial charge is 0.493 e. The zero-order valence-electron chi connectivity index (χ0n) is 14.8. The van der Waals surface area contributed by atoms with Gasteiger partial charge in [0.15, 0.2) is 18.1 Å². The van der Waals surface area contributed by atoms with Crippen molar-refractivity contribution < 1.29 is 29.0 Å². The van der Waals surface area contributed by atoms with Crippen LogP contribution in [0.2, 0.25) is 5.02 Å². The molecule has 3 rings (SSSR count). The summed E-state index contributed by atoms with van der Waals surface area (Å²) in [6.45, 7) is -0.526. The minimum absolute atomic E-state index is 0.229. The average molecular weight is 499 g/mol. The van der Waals surface area contributed by atoms with E-state index in [-0.39, 0.29) is 16.4 Å². The standard InChI is InChI=1S/C19H13BrClNO6S/c1-27-14-6-10(13(20)8-15(14)28-9-17(23)24)7-16-18(25)22(19(26)29-16)12-4-2-11(21)3-5-12/h2-8H,9H2,1H3,(H,23,24). The number of hydrogen-bond donors (Lipinski definition) is 1. The van der Waals surface area contributed by atoms with Gasteiger partial charge in [0.25, 0.3) is 11.1 Å². The van der Waals surface area contributed by atoms with E-state index in [9.17, 15) is 14.4 Å². The Hall–Kier alpha value is -2.49. The number of amides is 2. The van der Waals surface area contributed by atoms with Gasteiger partial charge in [0.2, 0.25) is 0 Å². The lowest BCUT2D eigenvalue weighted by molar-refractivity contribution is -0.139. The summed E-state index contributed by atoms with van der Waals surface area (Å²) in [6.07, 6.45) is 1.55. The summed E-state index contributed by atoms with van der Waals surface area (Å²) in [5.41, 5.74) is 0.987. The molecule has 1 aliphatic heterocycles. The number of benzene rings is 2. The molecule has 0 atom stereocenters. The SMILES string of the molecule is COc1cc(C=C2SC(=O)N(c3ccc(Cl)cc3)C2=O)c(Br)cc1OCC(=O)O. The minimum atomic E-state index is -1.12. The van der Waals surface area contributed by atoms with Crippen LogP contribution in [0.25, 0.3) is 6.08 Å². The first-order chi connectivity index (χ1) is 13.8. The smallest absolute Gasteiger partial charge is 0.341 e. The first-order valence-corrected chi connectivity index (χ1v) is 10.0. The highest BCUT2D eigenvalue weighted by Gasteiger charge is 2.36. The molecule has 1 aliphatic rings. The first-order valence-electron chi connectivity index (χ1n) is 8.06. The summed E-state index contributed by atoms with van der Waals surface area (Å²) in [5.74, 6) is -1.06. The molecule has 1 fully saturated rings. The number of carboxylic acids is 1. The molecule has 1 N–H and O–H groups in total. The van der Waals surface area contributed by atoms with E-state index in [2.05, 4.69) is 15.9 Å². The maximum absolute atomic E-state index is 12.8. The quantitative estimate of drug-likeness (QED) is 0.571. The van der Waals surface area contributed by atoms with E-state index in [0.29, 0.717) is 20.7 Å². The van der Waals surface area contributed by atoms with Crippen molar-refractivity contribution in [1.29, 1.82) is 0 Å². The summed E-state index contributed by atoms with van der Waals surface area (Å²) in [4.78, 5) is 37.1. The van der Waals surface area contributed by atoms with Crippen LogP contribution >= 0.6 is 39.3 Å². The Morgan fingerprint density at radius 1 is 1.24 bits per heavy atom. The van der Waals surface area contributed by atoms with Gasteiger partial charge < -0.3 is 14.6 Å². The fourth-order valence-corrected chi connectivity index (χ4v) is 3.89. The van der Waals surface area contributed by atoms with Crippen molar-refractivity contribution in [2.24, 2.45) is 0 Å². The third-order valence-corrected chi connectivity index (χ3v) is 5.61. The van der Waals surface area contributed by atoms with E-state index >= 15 is 0 Å². The molecule has 0 bridgehead atoms. The van der Waals surface area contributed by atoms with Crippen LogP contribution in [0.5, 0.6) is 11.5 Å². The van der Waals surface area contributed by atoms with Crippen molar-refractivity contribution in [3.05, 3.63) is 56.4 Å². The normalized spacial score (nSPS) is 15.1. The van der Waals surface area contributed by atoms with Gasteiger partial charge >= 0.3 is 5.97 Å². The van der Waals surface area contributed by atoms with Gasteiger partial charge in [-0.05, 0) is 59.8 Å². The van der Waals surface area contributed by atoms with E-state index in [4.69, 9.17) is 26.2 Å². The minimum Gasteiger partial charge on any atom is -0.493 e. The number of aliphatic carboxylic acids is 1. The van der Waals surface area contributed by atoms with Crippen molar-refractivity contribution in [2.45, 2.75) is 0 Å². The van der Waals surface area contributed by atoms with Crippen LogP contribution in [-0.4, -0.2) is 35.9 Å². The van der Waals surface area contributed by atoms with Crippen molar-refractivity contribution >= 4 is 68.2 Å². The van der Waals surface area contributed by atoms with Crippen molar-refractivity contribution in [3.8, 4) is 11.5 Å². The summed E-state index contributed by atoms with van der Waals surface area (Å²) < 4.78 is 11.0. The highest BCUT2D eigenvalue weighted by Crippen LogP contribution is 2.39. The third kappa shape index (κ3) is 4.75. The molecule has 2 aromatic carbocycles. The van der Waals surface area contributed by atoms with Crippen LogP contribution in [-0.2, 0) is 9.59 Å². The highest BCUT2D eigenvalue weighted by atomic mass is 79.9. The van der Waals surface area contributed by atoms with Crippen LogP contribution in [0, 0.1) is 0 Å². The van der Waals surface area contributed by atoms with Gasteiger partial charge in [-0.3, -0.25) is 9.59 Å². The van der Waals surface area contributed by atoms with Crippen LogP contribution in [0.15, 0.2) is 45.8 Å². The maximum atomic E-state index is 12.8. The third-order valence-electron chi connectivity index (χ3n) is 3.80. The molecule has 10 heteroatoms. The zero-order chi connectivity index (χ0) is 21.1. The van der Waals surface area contributed by atoms with Crippen LogP contribution in [0.4, 0.5) is 10.5 Å². The van der Waals surface area contributed by atoms with E-state index < -0.39 is 23.7 Å². The summed E-state index contributed by atoms with van der Waals surface area (Å²) in [6, 6.07) is 9.50. The van der Waals surface area contributed by atoms with Gasteiger partial charge in [0.05, 0.1) is 17.7 Å². The molecular formula is C19H13BrClNO6S. The van der Waals surface area contributed by atoms with Gasteiger partial charge in [-0.15, -0.1) is 0 Å². The number of ether oxygens (including phenoxy) is 2. The lowest BCUT2D eigenvalue weighted by Gasteiger charge is -2.13. The van der Waals surface area contributed by atoms with Crippen LogP contribution in [0.3, 0.4) is 0 Å². The predicted molar refractivity (Wildman–Crippen MR) is 114 cm³/mol. The van der Waals surface area contributed by atoms with Gasteiger partial charge in [-0.2, -0.15) is 0 Å². The molecule has 0 saturated carbocycles. The van der Waals surface area contributed by atoms with Crippen LogP contribution in [0.1, 0.15) is 5.56 Å². The number of hydrogen-bond acceptors (Lipinski definition) is 6. The second kappa shape index (κ2) is 8.89.